The van der Waals surface area contributed by atoms with Gasteiger partial charge in [-0.25, -0.2) is 4.79 Å². The molecule has 58 valence electrons. The molecule has 0 radical (unpaired) electrons. The van der Waals surface area contributed by atoms with E-state index < -0.39 is 5.97 Å². The second kappa shape index (κ2) is 3.93. The fraction of sp³-hybridized carbons (Fsp3) is 0.571. The molecule has 3 nitrogen and oxygen atoms in total. The average Bonchev–Trinajstić information content (AvgIpc) is 1.88. The molecule has 10 heavy (non-hydrogen) atoms. The molecule has 0 atom stereocenters. The topological polar surface area (TPSA) is 46.5 Å². The van der Waals surface area contributed by atoms with E-state index in [2.05, 4.69) is 4.74 Å². The summed E-state index contributed by atoms with van der Waals surface area (Å²) in [5.74, 6) is -0.420. The lowest BCUT2D eigenvalue weighted by Crippen LogP contribution is -2.05. The maximum atomic E-state index is 10.7. The van der Waals surface area contributed by atoms with Gasteiger partial charge in [-0.15, -0.1) is 0 Å². The van der Waals surface area contributed by atoms with Crippen molar-refractivity contribution in [2.24, 2.45) is 0 Å². The minimum atomic E-state index is -0.456. The molecule has 0 aliphatic heterocycles. The molecule has 0 aliphatic rings. The fourth-order valence-electron chi connectivity index (χ4n) is 0.671. The molecule has 0 fully saturated rings. The van der Waals surface area contributed by atoms with Gasteiger partial charge in [-0.3, -0.25) is 0 Å². The van der Waals surface area contributed by atoms with E-state index in [1.54, 1.807) is 6.92 Å². The van der Waals surface area contributed by atoms with Gasteiger partial charge in [0.05, 0.1) is 18.4 Å². The number of aliphatic hydroxyl groups excluding tert-OH is 1. The van der Waals surface area contributed by atoms with Crippen molar-refractivity contribution < 1.29 is 14.6 Å². The summed E-state index contributed by atoms with van der Waals surface area (Å²) in [6, 6.07) is 0. The SMILES string of the molecule is CCC(C(=O)OC)=C(C)O. The number of hydrogen-bond donors (Lipinski definition) is 1. The Hall–Kier alpha value is -0.990. The molecule has 0 heterocycles. The minimum Gasteiger partial charge on any atom is -0.512 e. The van der Waals surface area contributed by atoms with Crippen LogP contribution in [-0.2, 0) is 9.53 Å². The summed E-state index contributed by atoms with van der Waals surface area (Å²) in [4.78, 5) is 10.7. The van der Waals surface area contributed by atoms with Crippen molar-refractivity contribution in [1.29, 1.82) is 0 Å². The smallest absolute Gasteiger partial charge is 0.337 e. The van der Waals surface area contributed by atoms with Gasteiger partial charge < -0.3 is 9.84 Å². The van der Waals surface area contributed by atoms with E-state index in [1.807, 2.05) is 0 Å². The molecule has 0 unspecified atom stereocenters. The summed E-state index contributed by atoms with van der Waals surface area (Å²) >= 11 is 0. The Bertz CT molecular complexity index is 154. The van der Waals surface area contributed by atoms with Crippen molar-refractivity contribution in [1.82, 2.24) is 0 Å². The molecule has 0 aliphatic carbocycles. The zero-order chi connectivity index (χ0) is 8.15. The molecule has 0 saturated heterocycles. The van der Waals surface area contributed by atoms with Crippen molar-refractivity contribution >= 4 is 5.97 Å². The van der Waals surface area contributed by atoms with Gasteiger partial charge in [0.2, 0.25) is 0 Å². The third-order valence-corrected chi connectivity index (χ3v) is 1.22. The Morgan fingerprint density at radius 2 is 2.10 bits per heavy atom. The van der Waals surface area contributed by atoms with Crippen LogP contribution in [0, 0.1) is 0 Å². The molecule has 1 N–H and O–H groups in total. The summed E-state index contributed by atoms with van der Waals surface area (Å²) in [6.45, 7) is 3.25. The Labute approximate surface area is 60.3 Å². The zero-order valence-electron chi connectivity index (χ0n) is 6.47. The highest BCUT2D eigenvalue weighted by Gasteiger charge is 2.09. The lowest BCUT2D eigenvalue weighted by molar-refractivity contribution is -0.136. The maximum absolute atomic E-state index is 10.7. The number of hydrogen-bond acceptors (Lipinski definition) is 3. The minimum absolute atomic E-state index is 0.0364. The normalized spacial score (nSPS) is 12.3. The van der Waals surface area contributed by atoms with Crippen LogP contribution in [0.2, 0.25) is 0 Å². The molecule has 0 aromatic carbocycles. The van der Waals surface area contributed by atoms with Crippen LogP contribution in [0.5, 0.6) is 0 Å². The number of allylic oxidation sites excluding steroid dienone is 1. The monoisotopic (exact) mass is 144 g/mol. The first-order valence-corrected chi connectivity index (χ1v) is 3.10. The van der Waals surface area contributed by atoms with Crippen molar-refractivity contribution in [3.63, 3.8) is 0 Å². The number of methoxy groups -OCH3 is 1. The van der Waals surface area contributed by atoms with E-state index in [1.165, 1.54) is 14.0 Å². The van der Waals surface area contributed by atoms with Gasteiger partial charge in [-0.05, 0) is 13.3 Å². The van der Waals surface area contributed by atoms with E-state index in [0.29, 0.717) is 12.0 Å². The third-order valence-electron chi connectivity index (χ3n) is 1.22. The van der Waals surface area contributed by atoms with Crippen LogP contribution >= 0.6 is 0 Å². The number of carbonyl (C=O) groups excluding carboxylic acids is 1. The van der Waals surface area contributed by atoms with Crippen LogP contribution in [0.1, 0.15) is 20.3 Å². The largest absolute Gasteiger partial charge is 0.512 e. The predicted molar refractivity (Wildman–Crippen MR) is 37.6 cm³/mol. The molecule has 0 amide bonds. The lowest BCUT2D eigenvalue weighted by atomic mass is 10.2. The molecule has 0 saturated carbocycles. The van der Waals surface area contributed by atoms with Crippen molar-refractivity contribution in [3.05, 3.63) is 11.3 Å². The van der Waals surface area contributed by atoms with E-state index in [9.17, 15) is 4.79 Å². The highest BCUT2D eigenvalue weighted by Crippen LogP contribution is 2.06. The van der Waals surface area contributed by atoms with Crippen LogP contribution in [0.25, 0.3) is 0 Å². The molecular formula is C7H12O3. The van der Waals surface area contributed by atoms with Gasteiger partial charge in [0.15, 0.2) is 0 Å². The van der Waals surface area contributed by atoms with E-state index >= 15 is 0 Å². The molecule has 0 aromatic heterocycles. The summed E-state index contributed by atoms with van der Waals surface area (Å²) in [5, 5.41) is 8.89. The molecule has 3 heteroatoms. The number of rotatable bonds is 2. The van der Waals surface area contributed by atoms with Crippen molar-refractivity contribution in [2.75, 3.05) is 7.11 Å². The number of esters is 1. The summed E-state index contributed by atoms with van der Waals surface area (Å²) in [5.41, 5.74) is 0.336. The molecule has 0 bridgehead atoms. The summed E-state index contributed by atoms with van der Waals surface area (Å²) in [7, 11) is 1.29. The fourth-order valence-corrected chi connectivity index (χ4v) is 0.671. The van der Waals surface area contributed by atoms with Crippen molar-refractivity contribution in [3.8, 4) is 0 Å². The first-order valence-electron chi connectivity index (χ1n) is 3.10. The quantitative estimate of drug-likeness (QED) is 0.362. The molecule has 0 aromatic rings. The van der Waals surface area contributed by atoms with Crippen LogP contribution in [0.3, 0.4) is 0 Å². The number of ether oxygens (including phenoxy) is 1. The maximum Gasteiger partial charge on any atom is 0.337 e. The lowest BCUT2D eigenvalue weighted by Gasteiger charge is -2.01. The predicted octanol–water partition coefficient (Wildman–Crippen LogP) is 1.40. The Morgan fingerprint density at radius 1 is 1.60 bits per heavy atom. The summed E-state index contributed by atoms with van der Waals surface area (Å²) < 4.78 is 4.41. The standard InChI is InChI=1S/C7H12O3/c1-4-6(5(2)8)7(9)10-3/h8H,4H2,1-3H3. The van der Waals surface area contributed by atoms with E-state index in [0.717, 1.165) is 0 Å². The first-order chi connectivity index (χ1) is 4.63. The van der Waals surface area contributed by atoms with Crippen LogP contribution in [0.4, 0.5) is 0 Å². The highest BCUT2D eigenvalue weighted by atomic mass is 16.5. The number of carbonyl (C=O) groups is 1. The van der Waals surface area contributed by atoms with Crippen molar-refractivity contribution in [2.45, 2.75) is 20.3 Å². The van der Waals surface area contributed by atoms with Crippen LogP contribution in [-0.4, -0.2) is 18.2 Å². The Balaban J connectivity index is 4.37. The van der Waals surface area contributed by atoms with Gasteiger partial charge in [-0.1, -0.05) is 6.92 Å². The number of aliphatic hydroxyl groups is 1. The third kappa shape index (κ3) is 2.09. The zero-order valence-corrected chi connectivity index (χ0v) is 6.47. The van der Waals surface area contributed by atoms with Gasteiger partial charge in [0, 0.05) is 0 Å². The average molecular weight is 144 g/mol. The molecule has 0 spiro atoms. The second-order valence-electron chi connectivity index (χ2n) is 1.91. The van der Waals surface area contributed by atoms with Crippen LogP contribution in [0.15, 0.2) is 11.3 Å². The highest BCUT2D eigenvalue weighted by molar-refractivity contribution is 5.88. The van der Waals surface area contributed by atoms with Gasteiger partial charge >= 0.3 is 5.97 Å². The van der Waals surface area contributed by atoms with Gasteiger partial charge in [-0.2, -0.15) is 0 Å². The Morgan fingerprint density at radius 3 is 2.20 bits per heavy atom. The second-order valence-corrected chi connectivity index (χ2v) is 1.91. The van der Waals surface area contributed by atoms with E-state index in [-0.39, 0.29) is 5.76 Å². The Kier molecular flexibility index (Phi) is 3.54. The van der Waals surface area contributed by atoms with Gasteiger partial charge in [0.25, 0.3) is 0 Å². The first kappa shape index (κ1) is 9.01. The van der Waals surface area contributed by atoms with E-state index in [4.69, 9.17) is 5.11 Å². The molecular weight excluding hydrogens is 132 g/mol. The van der Waals surface area contributed by atoms with Crippen LogP contribution < -0.4 is 0 Å². The summed E-state index contributed by atoms with van der Waals surface area (Å²) in [6.07, 6.45) is 0.495. The van der Waals surface area contributed by atoms with Gasteiger partial charge in [0.1, 0.15) is 0 Å². The molecule has 0 rings (SSSR count).